The number of unbranched alkanes of at least 4 members (excludes halogenated alkanes) is 1. The summed E-state index contributed by atoms with van der Waals surface area (Å²) >= 11 is 0. The number of carbonyl (C=O) groups excluding carboxylic acids is 1. The summed E-state index contributed by atoms with van der Waals surface area (Å²) < 4.78 is 0. The molecule has 0 aromatic carbocycles. The maximum Gasteiger partial charge on any atom is 0.303 e. The molecule has 0 aliphatic rings. The van der Waals surface area contributed by atoms with Gasteiger partial charge in [-0.2, -0.15) is 0 Å². The number of anilines is 1. The highest BCUT2D eigenvalue weighted by Crippen LogP contribution is 2.12. The van der Waals surface area contributed by atoms with E-state index in [9.17, 15) is 9.59 Å². The largest absolute Gasteiger partial charge is 0.481 e. The molecule has 5 nitrogen and oxygen atoms in total. The van der Waals surface area contributed by atoms with Crippen molar-refractivity contribution in [1.29, 1.82) is 0 Å². The van der Waals surface area contributed by atoms with Crippen LogP contribution in [0.1, 0.15) is 25.7 Å². The van der Waals surface area contributed by atoms with Crippen LogP contribution in [0.5, 0.6) is 0 Å². The van der Waals surface area contributed by atoms with Crippen LogP contribution in [0.2, 0.25) is 0 Å². The Morgan fingerprint density at radius 3 is 2.65 bits per heavy atom. The molecule has 0 fully saturated rings. The van der Waals surface area contributed by atoms with Crippen LogP contribution in [-0.4, -0.2) is 29.0 Å². The molecular weight excluding hydrogens is 220 g/mol. The molecule has 5 heteroatoms. The topological polar surface area (TPSA) is 70.5 Å². The summed E-state index contributed by atoms with van der Waals surface area (Å²) in [6, 6.07) is 3.58. The maximum atomic E-state index is 11.7. The monoisotopic (exact) mass is 236 g/mol. The van der Waals surface area contributed by atoms with Crippen molar-refractivity contribution < 1.29 is 14.7 Å². The molecule has 0 radical (unpaired) electrons. The van der Waals surface area contributed by atoms with Crippen molar-refractivity contribution in [2.45, 2.75) is 25.7 Å². The number of carbonyl (C=O) groups is 2. The molecule has 1 amide bonds. The number of amides is 1. The summed E-state index contributed by atoms with van der Waals surface area (Å²) in [6.45, 7) is 0. The number of nitrogens with zero attached hydrogens (tertiary/aromatic N) is 2. The molecule has 1 rings (SSSR count). The number of aliphatic carboxylic acids is 1. The van der Waals surface area contributed by atoms with E-state index < -0.39 is 5.97 Å². The van der Waals surface area contributed by atoms with Crippen LogP contribution in [0.25, 0.3) is 0 Å². The Kier molecular flexibility index (Phi) is 5.13. The normalized spacial score (nSPS) is 9.94. The van der Waals surface area contributed by atoms with Gasteiger partial charge in [0, 0.05) is 26.1 Å². The van der Waals surface area contributed by atoms with Gasteiger partial charge in [-0.25, -0.2) is 0 Å². The fourth-order valence-corrected chi connectivity index (χ4v) is 1.42. The van der Waals surface area contributed by atoms with Crippen LogP contribution in [-0.2, 0) is 9.59 Å². The zero-order valence-electron chi connectivity index (χ0n) is 9.80. The Morgan fingerprint density at radius 1 is 1.35 bits per heavy atom. The van der Waals surface area contributed by atoms with E-state index in [2.05, 4.69) is 4.98 Å². The number of rotatable bonds is 6. The molecule has 1 aromatic rings. The molecule has 1 N–H and O–H groups in total. The third-order valence-corrected chi connectivity index (χ3v) is 2.44. The predicted octanol–water partition coefficient (Wildman–Crippen LogP) is 1.69. The van der Waals surface area contributed by atoms with Gasteiger partial charge in [-0.05, 0) is 25.0 Å². The Hall–Kier alpha value is -1.91. The number of aromatic nitrogens is 1. The average molecular weight is 236 g/mol. The molecular formula is C12H16N2O3. The van der Waals surface area contributed by atoms with Crippen molar-refractivity contribution in [2.24, 2.45) is 0 Å². The van der Waals surface area contributed by atoms with Gasteiger partial charge in [-0.3, -0.25) is 14.6 Å². The van der Waals surface area contributed by atoms with Gasteiger partial charge in [0.25, 0.3) is 0 Å². The summed E-state index contributed by atoms with van der Waals surface area (Å²) in [6.07, 6.45) is 4.87. The highest BCUT2D eigenvalue weighted by molar-refractivity contribution is 5.92. The fraction of sp³-hybridized carbons (Fsp3) is 0.417. The number of hydrogen-bond donors (Lipinski definition) is 1. The first-order valence-electron chi connectivity index (χ1n) is 5.49. The molecule has 0 unspecified atom stereocenters. The summed E-state index contributed by atoms with van der Waals surface area (Å²) in [5.41, 5.74) is 0.746. The van der Waals surface area contributed by atoms with Gasteiger partial charge >= 0.3 is 5.97 Å². The van der Waals surface area contributed by atoms with E-state index in [4.69, 9.17) is 5.11 Å². The van der Waals surface area contributed by atoms with Gasteiger partial charge in [-0.1, -0.05) is 0 Å². The highest BCUT2D eigenvalue weighted by atomic mass is 16.4. The Balaban J connectivity index is 2.35. The van der Waals surface area contributed by atoms with Crippen LogP contribution in [0.4, 0.5) is 5.69 Å². The van der Waals surface area contributed by atoms with Gasteiger partial charge in [0.1, 0.15) is 0 Å². The second-order valence-electron chi connectivity index (χ2n) is 3.76. The lowest BCUT2D eigenvalue weighted by Gasteiger charge is -2.16. The van der Waals surface area contributed by atoms with Gasteiger partial charge in [0.05, 0.1) is 11.9 Å². The molecule has 0 saturated heterocycles. The summed E-state index contributed by atoms with van der Waals surface area (Å²) in [5, 5.41) is 8.46. The zero-order chi connectivity index (χ0) is 12.7. The maximum absolute atomic E-state index is 11.7. The first-order valence-corrected chi connectivity index (χ1v) is 5.49. The van der Waals surface area contributed by atoms with Crippen molar-refractivity contribution in [3.05, 3.63) is 24.5 Å². The van der Waals surface area contributed by atoms with Crippen molar-refractivity contribution in [2.75, 3.05) is 11.9 Å². The van der Waals surface area contributed by atoms with E-state index in [-0.39, 0.29) is 12.3 Å². The second kappa shape index (κ2) is 6.62. The smallest absolute Gasteiger partial charge is 0.303 e. The summed E-state index contributed by atoms with van der Waals surface area (Å²) in [7, 11) is 1.69. The minimum Gasteiger partial charge on any atom is -0.481 e. The van der Waals surface area contributed by atoms with Crippen LogP contribution < -0.4 is 4.90 Å². The summed E-state index contributed by atoms with van der Waals surface area (Å²) in [4.78, 5) is 27.5. The third kappa shape index (κ3) is 4.63. The SMILES string of the molecule is CN(C(=O)CCCCC(=O)O)c1cccnc1. The van der Waals surface area contributed by atoms with Crippen molar-refractivity contribution in [3.63, 3.8) is 0 Å². The first-order chi connectivity index (χ1) is 8.11. The number of carboxylic acid groups (broad SMARTS) is 1. The molecule has 92 valence electrons. The van der Waals surface area contributed by atoms with E-state index in [1.807, 2.05) is 6.07 Å². The second-order valence-corrected chi connectivity index (χ2v) is 3.76. The Labute approximate surface area is 100 Å². The van der Waals surface area contributed by atoms with Crippen LogP contribution in [0, 0.1) is 0 Å². The van der Waals surface area contributed by atoms with Crippen molar-refractivity contribution >= 4 is 17.6 Å². The average Bonchev–Trinajstić information content (AvgIpc) is 2.34. The first kappa shape index (κ1) is 13.2. The zero-order valence-corrected chi connectivity index (χ0v) is 9.80. The lowest BCUT2D eigenvalue weighted by Crippen LogP contribution is -2.25. The van der Waals surface area contributed by atoms with E-state index in [1.54, 1.807) is 25.5 Å². The Bertz CT molecular complexity index is 379. The Morgan fingerprint density at radius 2 is 2.06 bits per heavy atom. The van der Waals surface area contributed by atoms with E-state index >= 15 is 0 Å². The third-order valence-electron chi connectivity index (χ3n) is 2.44. The number of carboxylic acids is 1. The molecule has 1 heterocycles. The highest BCUT2D eigenvalue weighted by Gasteiger charge is 2.10. The summed E-state index contributed by atoms with van der Waals surface area (Å²) in [5.74, 6) is -0.846. The standard InChI is InChI=1S/C12H16N2O3/c1-14(10-5-4-8-13-9-10)11(15)6-2-3-7-12(16)17/h4-5,8-9H,2-3,6-7H2,1H3,(H,16,17). The van der Waals surface area contributed by atoms with Gasteiger partial charge < -0.3 is 10.0 Å². The molecule has 0 bridgehead atoms. The predicted molar refractivity (Wildman–Crippen MR) is 63.8 cm³/mol. The van der Waals surface area contributed by atoms with Gasteiger partial charge in [0.15, 0.2) is 0 Å². The molecule has 0 atom stereocenters. The van der Waals surface area contributed by atoms with Crippen LogP contribution in [0.15, 0.2) is 24.5 Å². The lowest BCUT2D eigenvalue weighted by molar-refractivity contribution is -0.137. The van der Waals surface area contributed by atoms with E-state index in [0.29, 0.717) is 19.3 Å². The minimum atomic E-state index is -0.821. The molecule has 0 spiro atoms. The fourth-order valence-electron chi connectivity index (χ4n) is 1.42. The van der Waals surface area contributed by atoms with Crippen LogP contribution in [0.3, 0.4) is 0 Å². The van der Waals surface area contributed by atoms with Crippen molar-refractivity contribution in [1.82, 2.24) is 4.98 Å². The number of pyridine rings is 1. The van der Waals surface area contributed by atoms with Crippen molar-refractivity contribution in [3.8, 4) is 0 Å². The quantitative estimate of drug-likeness (QED) is 0.763. The molecule has 0 saturated carbocycles. The number of hydrogen-bond acceptors (Lipinski definition) is 3. The van der Waals surface area contributed by atoms with E-state index in [0.717, 1.165) is 5.69 Å². The van der Waals surface area contributed by atoms with E-state index in [1.165, 1.54) is 4.90 Å². The van der Waals surface area contributed by atoms with Gasteiger partial charge in [-0.15, -0.1) is 0 Å². The molecule has 0 aliphatic heterocycles. The van der Waals surface area contributed by atoms with Gasteiger partial charge in [0.2, 0.25) is 5.91 Å². The minimum absolute atomic E-state index is 0.0246. The molecule has 0 aliphatic carbocycles. The molecule has 17 heavy (non-hydrogen) atoms. The lowest BCUT2D eigenvalue weighted by atomic mass is 10.2. The molecule has 1 aromatic heterocycles. The van der Waals surface area contributed by atoms with Crippen LogP contribution >= 0.6 is 0 Å².